The van der Waals surface area contributed by atoms with Crippen LogP contribution in [0.1, 0.15) is 43.2 Å². The summed E-state index contributed by atoms with van der Waals surface area (Å²) in [4.78, 5) is 0. The second-order valence-corrected chi connectivity index (χ2v) is 5.80. The van der Waals surface area contributed by atoms with Crippen molar-refractivity contribution in [3.63, 3.8) is 0 Å². The molecular weight excluding hydrogens is 291 g/mol. The van der Waals surface area contributed by atoms with Crippen LogP contribution in [-0.4, -0.2) is 11.7 Å². The second-order valence-electron chi connectivity index (χ2n) is 5.39. The Balaban J connectivity index is 2.61. The number of rotatable bonds is 2. The van der Waals surface area contributed by atoms with Gasteiger partial charge in [0.25, 0.3) is 0 Å². The minimum atomic E-state index is -4.53. The standard InChI is InChI=1S/C14H17ClF3NO/c15-11-6-9(10(7-12(11)20)14(16,17)18)13(8-19)4-2-1-3-5-13/h6-7,20H,1-5,8,19H2. The molecule has 3 N–H and O–H groups in total. The molecule has 0 aliphatic heterocycles. The summed E-state index contributed by atoms with van der Waals surface area (Å²) in [7, 11) is 0. The van der Waals surface area contributed by atoms with Crippen LogP contribution in [0.25, 0.3) is 0 Å². The number of alkyl halides is 3. The maximum Gasteiger partial charge on any atom is 0.416 e. The zero-order valence-corrected chi connectivity index (χ0v) is 11.7. The van der Waals surface area contributed by atoms with Crippen LogP contribution in [0.15, 0.2) is 12.1 Å². The van der Waals surface area contributed by atoms with Crippen molar-refractivity contribution in [1.29, 1.82) is 0 Å². The Labute approximate surface area is 120 Å². The lowest BCUT2D eigenvalue weighted by atomic mass is 9.68. The van der Waals surface area contributed by atoms with Gasteiger partial charge in [0.2, 0.25) is 0 Å². The van der Waals surface area contributed by atoms with Crippen LogP contribution in [0.3, 0.4) is 0 Å². The molecule has 0 atom stereocenters. The van der Waals surface area contributed by atoms with Gasteiger partial charge in [0.05, 0.1) is 10.6 Å². The average molecular weight is 308 g/mol. The largest absolute Gasteiger partial charge is 0.506 e. The molecule has 0 radical (unpaired) electrons. The highest BCUT2D eigenvalue weighted by atomic mass is 35.5. The van der Waals surface area contributed by atoms with Crippen molar-refractivity contribution in [3.05, 3.63) is 28.3 Å². The first-order valence-corrected chi connectivity index (χ1v) is 6.98. The van der Waals surface area contributed by atoms with Gasteiger partial charge in [0.15, 0.2) is 0 Å². The zero-order chi connectivity index (χ0) is 15.0. The molecule has 0 spiro atoms. The van der Waals surface area contributed by atoms with Crippen molar-refractivity contribution in [2.24, 2.45) is 5.73 Å². The van der Waals surface area contributed by atoms with Crippen molar-refractivity contribution < 1.29 is 18.3 Å². The molecule has 0 bridgehead atoms. The highest BCUT2D eigenvalue weighted by molar-refractivity contribution is 6.32. The first-order valence-electron chi connectivity index (χ1n) is 6.60. The number of phenolic OH excluding ortho intramolecular Hbond substituents is 1. The molecule has 0 aromatic heterocycles. The fourth-order valence-electron chi connectivity index (χ4n) is 3.05. The first-order chi connectivity index (χ1) is 9.30. The van der Waals surface area contributed by atoms with Crippen molar-refractivity contribution in [2.75, 3.05) is 6.54 Å². The van der Waals surface area contributed by atoms with Gasteiger partial charge in [-0.05, 0) is 30.5 Å². The zero-order valence-electron chi connectivity index (χ0n) is 10.9. The second kappa shape index (κ2) is 5.45. The lowest BCUT2D eigenvalue weighted by Gasteiger charge is -2.38. The molecule has 0 heterocycles. The van der Waals surface area contributed by atoms with Crippen LogP contribution < -0.4 is 5.73 Å². The molecule has 2 rings (SSSR count). The minimum Gasteiger partial charge on any atom is -0.506 e. The van der Waals surface area contributed by atoms with E-state index in [1.165, 1.54) is 6.07 Å². The topological polar surface area (TPSA) is 46.2 Å². The maximum atomic E-state index is 13.2. The van der Waals surface area contributed by atoms with Crippen molar-refractivity contribution >= 4 is 11.6 Å². The van der Waals surface area contributed by atoms with Gasteiger partial charge in [-0.2, -0.15) is 13.2 Å². The Hall–Kier alpha value is -0.940. The van der Waals surface area contributed by atoms with E-state index in [0.29, 0.717) is 18.9 Å². The normalized spacial score (nSPS) is 19.1. The number of phenols is 1. The van der Waals surface area contributed by atoms with E-state index < -0.39 is 22.9 Å². The van der Waals surface area contributed by atoms with Crippen LogP contribution in [0.5, 0.6) is 5.75 Å². The van der Waals surface area contributed by atoms with Crippen LogP contribution in [0.4, 0.5) is 13.2 Å². The first kappa shape index (κ1) is 15.4. The summed E-state index contributed by atoms with van der Waals surface area (Å²) in [6.45, 7) is 0.150. The molecule has 1 fully saturated rings. The number of hydrogen-bond acceptors (Lipinski definition) is 2. The summed E-state index contributed by atoms with van der Waals surface area (Å²) >= 11 is 5.82. The van der Waals surface area contributed by atoms with Crippen LogP contribution in [0, 0.1) is 0 Å². The van der Waals surface area contributed by atoms with E-state index in [4.69, 9.17) is 17.3 Å². The summed E-state index contributed by atoms with van der Waals surface area (Å²) in [5.74, 6) is -0.550. The average Bonchev–Trinajstić information content (AvgIpc) is 2.41. The predicted molar refractivity (Wildman–Crippen MR) is 71.9 cm³/mol. The van der Waals surface area contributed by atoms with Gasteiger partial charge >= 0.3 is 6.18 Å². The molecule has 2 nitrogen and oxygen atoms in total. The maximum absolute atomic E-state index is 13.2. The van der Waals surface area contributed by atoms with E-state index in [0.717, 1.165) is 19.3 Å². The smallest absolute Gasteiger partial charge is 0.416 e. The van der Waals surface area contributed by atoms with Gasteiger partial charge in [-0.15, -0.1) is 0 Å². The molecule has 1 saturated carbocycles. The van der Waals surface area contributed by atoms with Gasteiger partial charge < -0.3 is 10.8 Å². The summed E-state index contributed by atoms with van der Waals surface area (Å²) in [5, 5.41) is 9.42. The Bertz CT molecular complexity index is 496. The van der Waals surface area contributed by atoms with Gasteiger partial charge in [0.1, 0.15) is 5.75 Å². The molecule has 112 valence electrons. The molecule has 1 aromatic carbocycles. The molecule has 0 amide bonds. The minimum absolute atomic E-state index is 0.0635. The van der Waals surface area contributed by atoms with E-state index >= 15 is 0 Å². The van der Waals surface area contributed by atoms with E-state index in [9.17, 15) is 18.3 Å². The van der Waals surface area contributed by atoms with Crippen LogP contribution in [0.2, 0.25) is 5.02 Å². The Kier molecular flexibility index (Phi) is 4.21. The van der Waals surface area contributed by atoms with Gasteiger partial charge in [0, 0.05) is 12.0 Å². The fourth-order valence-corrected chi connectivity index (χ4v) is 3.21. The number of benzene rings is 1. The number of halogens is 4. The summed E-state index contributed by atoms with van der Waals surface area (Å²) in [6, 6.07) is 1.95. The van der Waals surface area contributed by atoms with Gasteiger partial charge in [-0.1, -0.05) is 30.9 Å². The van der Waals surface area contributed by atoms with Crippen molar-refractivity contribution in [2.45, 2.75) is 43.7 Å². The Morgan fingerprint density at radius 2 is 1.80 bits per heavy atom. The quantitative estimate of drug-likeness (QED) is 0.859. The third-order valence-corrected chi connectivity index (χ3v) is 4.47. The van der Waals surface area contributed by atoms with E-state index in [2.05, 4.69) is 0 Å². The molecule has 0 saturated heterocycles. The molecule has 1 aliphatic rings. The molecule has 1 aromatic rings. The van der Waals surface area contributed by atoms with Crippen LogP contribution >= 0.6 is 11.6 Å². The number of hydrogen-bond donors (Lipinski definition) is 2. The van der Waals surface area contributed by atoms with Crippen molar-refractivity contribution in [3.8, 4) is 5.75 Å². The Morgan fingerprint density at radius 1 is 1.20 bits per heavy atom. The summed E-state index contributed by atoms with van der Waals surface area (Å²) in [5.41, 5.74) is 4.40. The van der Waals surface area contributed by atoms with Gasteiger partial charge in [-0.3, -0.25) is 0 Å². The van der Waals surface area contributed by atoms with Gasteiger partial charge in [-0.25, -0.2) is 0 Å². The van der Waals surface area contributed by atoms with Crippen LogP contribution in [-0.2, 0) is 11.6 Å². The third kappa shape index (κ3) is 2.74. The number of nitrogens with two attached hydrogens (primary N) is 1. The fraction of sp³-hybridized carbons (Fsp3) is 0.571. The summed E-state index contributed by atoms with van der Waals surface area (Å²) < 4.78 is 39.7. The number of aromatic hydroxyl groups is 1. The third-order valence-electron chi connectivity index (χ3n) is 4.17. The lowest BCUT2D eigenvalue weighted by Crippen LogP contribution is -2.39. The van der Waals surface area contributed by atoms with E-state index in [1.807, 2.05) is 0 Å². The molecule has 20 heavy (non-hydrogen) atoms. The monoisotopic (exact) mass is 307 g/mol. The molecule has 1 aliphatic carbocycles. The molecular formula is C14H17ClF3NO. The highest BCUT2D eigenvalue weighted by Gasteiger charge is 2.42. The summed E-state index contributed by atoms with van der Waals surface area (Å²) in [6.07, 6.45) is -0.576. The Morgan fingerprint density at radius 3 is 2.30 bits per heavy atom. The molecule has 6 heteroatoms. The lowest BCUT2D eigenvalue weighted by molar-refractivity contribution is -0.139. The highest BCUT2D eigenvalue weighted by Crippen LogP contribution is 2.47. The predicted octanol–water partition coefficient (Wildman–Crippen LogP) is 4.23. The molecule has 0 unspecified atom stereocenters. The van der Waals surface area contributed by atoms with E-state index in [-0.39, 0.29) is 17.1 Å². The van der Waals surface area contributed by atoms with Crippen molar-refractivity contribution in [1.82, 2.24) is 0 Å². The van der Waals surface area contributed by atoms with E-state index in [1.54, 1.807) is 0 Å². The SMILES string of the molecule is NCC1(c2cc(Cl)c(O)cc2C(F)(F)F)CCCCC1.